The molecule has 0 N–H and O–H groups in total. The van der Waals surface area contributed by atoms with Gasteiger partial charge in [0.2, 0.25) is 0 Å². The van der Waals surface area contributed by atoms with Crippen LogP contribution in [0.2, 0.25) is 0 Å². The maximum atomic E-state index is 3.44. The molecule has 19 heavy (non-hydrogen) atoms. The summed E-state index contributed by atoms with van der Waals surface area (Å²) in [5.74, 6) is 0. The van der Waals surface area contributed by atoms with Crippen molar-refractivity contribution in [3.8, 4) is 0 Å². The van der Waals surface area contributed by atoms with Gasteiger partial charge in [0.15, 0.2) is 0 Å². The summed E-state index contributed by atoms with van der Waals surface area (Å²) in [5, 5.41) is 0. The van der Waals surface area contributed by atoms with Gasteiger partial charge in [0.25, 0.3) is 0 Å². The first-order chi connectivity index (χ1) is 8.45. The first-order valence-corrected chi connectivity index (χ1v) is 7.05. The maximum absolute atomic E-state index is 3.44. The molecule has 0 heterocycles. The Morgan fingerprint density at radius 1 is 0.842 bits per heavy atom. The molecule has 0 atom stereocenters. The molecule has 0 saturated heterocycles. The smallest absolute Gasteiger partial charge is 0.263 e. The molecule has 2 rings (SSSR count). The van der Waals surface area contributed by atoms with Crippen LogP contribution in [0.25, 0.3) is 0 Å². The van der Waals surface area contributed by atoms with Crippen molar-refractivity contribution < 1.29 is 19.5 Å². The molecule has 0 spiro atoms. The van der Waals surface area contributed by atoms with Crippen LogP contribution in [0.3, 0.4) is 0 Å². The Morgan fingerprint density at radius 3 is 1.37 bits per heavy atom. The Balaban J connectivity index is 0.000000331. The molecule has 0 nitrogen and oxygen atoms in total. The Morgan fingerprint density at radius 2 is 1.21 bits per heavy atom. The Kier molecular flexibility index (Phi) is 8.50. The molecule has 0 bridgehead atoms. The van der Waals surface area contributed by atoms with E-state index >= 15 is 0 Å². The Labute approximate surface area is 132 Å². The predicted molar refractivity (Wildman–Crippen MR) is 81.3 cm³/mol. The number of hydrogen-bond acceptors (Lipinski definition) is 0. The van der Waals surface area contributed by atoms with Crippen LogP contribution in [0.4, 0.5) is 0 Å². The average Bonchev–Trinajstić information content (AvgIpc) is 2.41. The molecule has 107 valence electrons. The molecule has 0 unspecified atom stereocenters. The van der Waals surface area contributed by atoms with Crippen LogP contribution >= 0.6 is 0 Å². The third-order valence-electron chi connectivity index (χ3n) is 3.90. The van der Waals surface area contributed by atoms with Crippen LogP contribution in [0.5, 0.6) is 0 Å². The largest absolute Gasteiger partial charge is 1.00 e. The normalized spacial score (nSPS) is 20.8. The van der Waals surface area contributed by atoms with Crippen LogP contribution < -0.4 is 0 Å². The molecule has 0 amide bonds. The minimum absolute atomic E-state index is 0. The van der Waals surface area contributed by atoms with E-state index in [1.54, 1.807) is 0 Å². The van der Waals surface area contributed by atoms with Crippen LogP contribution in [0.15, 0.2) is 41.0 Å². The fraction of sp³-hybridized carbons (Fsp3) is 0.556. The van der Waals surface area contributed by atoms with Crippen molar-refractivity contribution in [3.63, 3.8) is 0 Å². The second-order valence-electron chi connectivity index (χ2n) is 5.72. The van der Waals surface area contributed by atoms with E-state index in [0.717, 1.165) is 0 Å². The predicted octanol–water partition coefficient (Wildman–Crippen LogP) is 5.78. The first kappa shape index (κ1) is 18.6. The van der Waals surface area contributed by atoms with Crippen molar-refractivity contribution >= 4 is 0 Å². The molecule has 0 aromatic heterocycles. The molecule has 1 heteroatoms. The third-order valence-corrected chi connectivity index (χ3v) is 3.90. The van der Waals surface area contributed by atoms with Gasteiger partial charge in [-0.25, -0.2) is 5.57 Å². The molecular formula is C18H27Ru. The number of rotatable bonds is 0. The summed E-state index contributed by atoms with van der Waals surface area (Å²) in [6.45, 7) is 10.9. The average molecular weight is 344 g/mol. The third kappa shape index (κ3) is 6.04. The molecular weight excluding hydrogens is 317 g/mol. The van der Waals surface area contributed by atoms with Crippen molar-refractivity contribution in [3.05, 3.63) is 47.1 Å². The van der Waals surface area contributed by atoms with Gasteiger partial charge in [0, 0.05) is 0 Å². The van der Waals surface area contributed by atoms with Gasteiger partial charge >= 0.3 is 19.5 Å². The maximum Gasteiger partial charge on any atom is 1.00 e. The van der Waals surface area contributed by atoms with E-state index in [9.17, 15) is 0 Å². The monoisotopic (exact) mass is 345 g/mol. The molecule has 2 aliphatic rings. The van der Waals surface area contributed by atoms with Gasteiger partial charge in [-0.1, -0.05) is 57.4 Å². The molecule has 0 aliphatic heterocycles. The zero-order valence-corrected chi connectivity index (χ0v) is 14.7. The Bertz CT molecular complexity index is 366. The van der Waals surface area contributed by atoms with Crippen molar-refractivity contribution in [1.29, 1.82) is 0 Å². The van der Waals surface area contributed by atoms with E-state index in [0.29, 0.717) is 0 Å². The standard InChI is InChI=1S/C10H15.C8H12.Ru/c1-7-6-10(4,5)9(3)8(7)2;1-2-4-6-8-7-5-3-1;/h1-5H3;1-2,7-8H,3-6H2;/q-1;;+1. The van der Waals surface area contributed by atoms with Gasteiger partial charge in [0.05, 0.1) is 0 Å². The molecule has 0 aromatic rings. The first-order valence-electron chi connectivity index (χ1n) is 7.05. The van der Waals surface area contributed by atoms with Crippen LogP contribution in [0.1, 0.15) is 60.3 Å². The number of hydrogen-bond donors (Lipinski definition) is 0. The molecule has 0 saturated carbocycles. The molecule has 0 fully saturated rings. The second-order valence-corrected chi connectivity index (χ2v) is 5.72. The van der Waals surface area contributed by atoms with E-state index in [2.05, 4.69) is 65.0 Å². The fourth-order valence-corrected chi connectivity index (χ4v) is 2.26. The van der Waals surface area contributed by atoms with Crippen LogP contribution in [-0.4, -0.2) is 0 Å². The van der Waals surface area contributed by atoms with Gasteiger partial charge in [0.1, 0.15) is 0 Å². The fourth-order valence-electron chi connectivity index (χ4n) is 2.26. The number of allylic oxidation sites excluding steroid dienone is 8. The zero-order chi connectivity index (χ0) is 13.6. The summed E-state index contributed by atoms with van der Waals surface area (Å²) in [6.07, 6.45) is 17.4. The molecule has 2 aliphatic carbocycles. The van der Waals surface area contributed by atoms with Crippen molar-refractivity contribution in [1.82, 2.24) is 0 Å². The summed E-state index contributed by atoms with van der Waals surface area (Å²) >= 11 is 0. The quantitative estimate of drug-likeness (QED) is 0.297. The van der Waals surface area contributed by atoms with E-state index < -0.39 is 0 Å². The summed E-state index contributed by atoms with van der Waals surface area (Å²) in [7, 11) is 0. The van der Waals surface area contributed by atoms with Gasteiger partial charge in [-0.15, -0.1) is 6.92 Å². The summed E-state index contributed by atoms with van der Waals surface area (Å²) in [6, 6.07) is 0. The van der Waals surface area contributed by atoms with Crippen molar-refractivity contribution in [2.24, 2.45) is 5.41 Å². The topological polar surface area (TPSA) is 0 Å². The summed E-state index contributed by atoms with van der Waals surface area (Å²) < 4.78 is 0. The SMILES string of the molecule is C1=CCCC=CCC1.CC1=[C-]C(C)(C)C(C)=C1C.[Ru+]. The van der Waals surface area contributed by atoms with Gasteiger partial charge < -0.3 is 0 Å². The molecule has 1 radical (unpaired) electrons. The van der Waals surface area contributed by atoms with Gasteiger partial charge in [-0.2, -0.15) is 11.1 Å². The molecule has 0 aromatic carbocycles. The van der Waals surface area contributed by atoms with E-state index in [4.69, 9.17) is 0 Å². The van der Waals surface area contributed by atoms with Gasteiger partial charge in [-0.05, 0) is 25.7 Å². The van der Waals surface area contributed by atoms with E-state index in [1.165, 1.54) is 42.4 Å². The van der Waals surface area contributed by atoms with E-state index in [-0.39, 0.29) is 24.9 Å². The van der Waals surface area contributed by atoms with Crippen LogP contribution in [0, 0.1) is 11.5 Å². The summed E-state index contributed by atoms with van der Waals surface area (Å²) in [5.41, 5.74) is 4.39. The van der Waals surface area contributed by atoms with Crippen molar-refractivity contribution in [2.45, 2.75) is 60.3 Å². The Hall–Kier alpha value is -0.417. The summed E-state index contributed by atoms with van der Waals surface area (Å²) in [4.78, 5) is 0. The zero-order valence-electron chi connectivity index (χ0n) is 13.0. The van der Waals surface area contributed by atoms with E-state index in [1.807, 2.05) is 0 Å². The second kappa shape index (κ2) is 8.69. The van der Waals surface area contributed by atoms with Crippen molar-refractivity contribution in [2.75, 3.05) is 0 Å². The minimum Gasteiger partial charge on any atom is -0.263 e. The van der Waals surface area contributed by atoms with Crippen LogP contribution in [-0.2, 0) is 19.5 Å². The van der Waals surface area contributed by atoms with Gasteiger partial charge in [-0.3, -0.25) is 6.08 Å². The minimum atomic E-state index is 0.